The third-order valence-corrected chi connectivity index (χ3v) is 6.95. The number of nitrogens with zero attached hydrogens (tertiary/aromatic N) is 2. The van der Waals surface area contributed by atoms with Gasteiger partial charge in [-0.3, -0.25) is 13.9 Å². The molecule has 7 nitrogen and oxygen atoms in total. The van der Waals surface area contributed by atoms with Crippen LogP contribution in [0.1, 0.15) is 38.8 Å². The van der Waals surface area contributed by atoms with Crippen molar-refractivity contribution >= 4 is 50.7 Å². The van der Waals surface area contributed by atoms with E-state index in [1.54, 1.807) is 56.3 Å². The van der Waals surface area contributed by atoms with E-state index in [0.29, 0.717) is 26.9 Å². The lowest BCUT2D eigenvalue weighted by Crippen LogP contribution is -2.54. The summed E-state index contributed by atoms with van der Waals surface area (Å²) in [5.74, 6) is -0.952. The zero-order valence-corrected chi connectivity index (χ0v) is 22.6. The monoisotopic (exact) mass is 527 g/mol. The minimum absolute atomic E-state index is 0.0680. The molecule has 34 heavy (non-hydrogen) atoms. The summed E-state index contributed by atoms with van der Waals surface area (Å²) in [6.07, 6.45) is 1.04. The Hall–Kier alpha value is -2.29. The topological polar surface area (TPSA) is 86.8 Å². The SMILES string of the molecule is Cc1ccccc1N(CC(=O)N(Cc1c(Cl)cccc1Cl)C(C)C(=O)NC(C)(C)C)S(C)(=O)=O. The Bertz CT molecular complexity index is 1140. The van der Waals surface area contributed by atoms with Crippen LogP contribution in [0.4, 0.5) is 5.69 Å². The second kappa shape index (κ2) is 11.0. The zero-order chi connectivity index (χ0) is 25.8. The molecule has 0 bridgehead atoms. The van der Waals surface area contributed by atoms with Gasteiger partial charge in [0.1, 0.15) is 12.6 Å². The highest BCUT2D eigenvalue weighted by Crippen LogP contribution is 2.28. The molecule has 0 aliphatic heterocycles. The predicted octanol–water partition coefficient (Wildman–Crippen LogP) is 4.40. The molecule has 2 aromatic rings. The van der Waals surface area contributed by atoms with Gasteiger partial charge in [-0.1, -0.05) is 47.5 Å². The van der Waals surface area contributed by atoms with E-state index in [0.717, 1.165) is 10.6 Å². The summed E-state index contributed by atoms with van der Waals surface area (Å²) in [4.78, 5) is 27.8. The van der Waals surface area contributed by atoms with E-state index in [1.165, 1.54) is 4.90 Å². The van der Waals surface area contributed by atoms with Crippen molar-refractivity contribution in [3.05, 3.63) is 63.6 Å². The fraction of sp³-hybridized carbons (Fsp3) is 0.417. The van der Waals surface area contributed by atoms with E-state index < -0.39 is 34.1 Å². The third kappa shape index (κ3) is 7.35. The Morgan fingerprint density at radius 2 is 1.59 bits per heavy atom. The van der Waals surface area contributed by atoms with Crippen molar-refractivity contribution in [3.63, 3.8) is 0 Å². The van der Waals surface area contributed by atoms with Crippen molar-refractivity contribution in [1.29, 1.82) is 0 Å². The molecule has 0 aromatic heterocycles. The minimum Gasteiger partial charge on any atom is -0.350 e. The molecular formula is C24H31Cl2N3O4S. The highest BCUT2D eigenvalue weighted by molar-refractivity contribution is 7.92. The molecule has 186 valence electrons. The average molecular weight is 529 g/mol. The highest BCUT2D eigenvalue weighted by atomic mass is 35.5. The Labute approximate surface area is 212 Å². The summed E-state index contributed by atoms with van der Waals surface area (Å²) < 4.78 is 26.3. The van der Waals surface area contributed by atoms with Crippen molar-refractivity contribution in [1.82, 2.24) is 10.2 Å². The van der Waals surface area contributed by atoms with E-state index in [2.05, 4.69) is 5.32 Å². The number of para-hydroxylation sites is 1. The smallest absolute Gasteiger partial charge is 0.244 e. The van der Waals surface area contributed by atoms with E-state index >= 15 is 0 Å². The largest absolute Gasteiger partial charge is 0.350 e. The van der Waals surface area contributed by atoms with Crippen LogP contribution >= 0.6 is 23.2 Å². The molecule has 1 atom stereocenters. The van der Waals surface area contributed by atoms with Crippen LogP contribution in [-0.4, -0.2) is 49.5 Å². The number of rotatable bonds is 8. The van der Waals surface area contributed by atoms with Crippen molar-refractivity contribution < 1.29 is 18.0 Å². The number of anilines is 1. The molecule has 10 heteroatoms. The maximum absolute atomic E-state index is 13.6. The maximum atomic E-state index is 13.6. The Kier molecular flexibility index (Phi) is 9.02. The Morgan fingerprint density at radius 1 is 1.03 bits per heavy atom. The van der Waals surface area contributed by atoms with Crippen LogP contribution in [0, 0.1) is 6.92 Å². The number of halogens is 2. The fourth-order valence-corrected chi connectivity index (χ4v) is 4.77. The molecule has 0 saturated carbocycles. The average Bonchev–Trinajstić information content (AvgIpc) is 2.70. The van der Waals surface area contributed by atoms with Crippen molar-refractivity contribution in [2.75, 3.05) is 17.1 Å². The number of sulfonamides is 1. The molecule has 0 aliphatic carbocycles. The van der Waals surface area contributed by atoms with Gasteiger partial charge in [-0.25, -0.2) is 8.42 Å². The molecule has 0 radical (unpaired) electrons. The number of carbonyl (C=O) groups excluding carboxylic acids is 2. The molecule has 0 aliphatic rings. The lowest BCUT2D eigenvalue weighted by molar-refractivity contribution is -0.140. The Balaban J connectivity index is 2.48. The van der Waals surface area contributed by atoms with E-state index in [9.17, 15) is 18.0 Å². The lowest BCUT2D eigenvalue weighted by Gasteiger charge is -2.33. The number of benzene rings is 2. The number of hydrogen-bond acceptors (Lipinski definition) is 4. The van der Waals surface area contributed by atoms with Crippen LogP contribution in [0.3, 0.4) is 0 Å². The van der Waals surface area contributed by atoms with Gasteiger partial charge in [-0.15, -0.1) is 0 Å². The van der Waals surface area contributed by atoms with Crippen molar-refractivity contribution in [2.45, 2.75) is 52.7 Å². The first-order chi connectivity index (χ1) is 15.6. The normalized spacial score (nSPS) is 12.7. The van der Waals surface area contributed by atoms with Gasteiger partial charge in [0.25, 0.3) is 0 Å². The number of amides is 2. The van der Waals surface area contributed by atoms with E-state index in [-0.39, 0.29) is 12.5 Å². The molecule has 1 unspecified atom stereocenters. The highest BCUT2D eigenvalue weighted by Gasteiger charge is 2.32. The summed E-state index contributed by atoms with van der Waals surface area (Å²) in [7, 11) is -3.80. The third-order valence-electron chi connectivity index (χ3n) is 5.12. The fourth-order valence-electron chi connectivity index (χ4n) is 3.35. The van der Waals surface area contributed by atoms with Crippen molar-refractivity contribution in [2.24, 2.45) is 0 Å². The van der Waals surface area contributed by atoms with Gasteiger partial charge < -0.3 is 10.2 Å². The lowest BCUT2D eigenvalue weighted by atomic mass is 10.1. The number of hydrogen-bond donors (Lipinski definition) is 1. The van der Waals surface area contributed by atoms with E-state index in [1.807, 2.05) is 20.8 Å². The maximum Gasteiger partial charge on any atom is 0.244 e. The van der Waals surface area contributed by atoms with Crippen LogP contribution in [-0.2, 0) is 26.2 Å². The predicted molar refractivity (Wildman–Crippen MR) is 138 cm³/mol. The van der Waals surface area contributed by atoms with Gasteiger partial charge in [-0.05, 0) is 58.4 Å². The Morgan fingerprint density at radius 3 is 2.09 bits per heavy atom. The minimum atomic E-state index is -3.80. The first-order valence-electron chi connectivity index (χ1n) is 10.7. The van der Waals surface area contributed by atoms with Crippen molar-refractivity contribution in [3.8, 4) is 0 Å². The van der Waals surface area contributed by atoms with Gasteiger partial charge in [0.2, 0.25) is 21.8 Å². The number of aryl methyl sites for hydroxylation is 1. The quantitative estimate of drug-likeness (QED) is 0.551. The van der Waals surface area contributed by atoms with Gasteiger partial charge in [0, 0.05) is 27.7 Å². The van der Waals surface area contributed by atoms with Crippen LogP contribution < -0.4 is 9.62 Å². The summed E-state index contributed by atoms with van der Waals surface area (Å²) in [6.45, 7) is 8.29. The van der Waals surface area contributed by atoms with Crippen LogP contribution in [0.15, 0.2) is 42.5 Å². The molecule has 1 N–H and O–H groups in total. The first kappa shape index (κ1) is 28.0. The molecule has 0 spiro atoms. The molecular weight excluding hydrogens is 497 g/mol. The van der Waals surface area contributed by atoms with E-state index in [4.69, 9.17) is 23.2 Å². The standard InChI is InChI=1S/C24H31Cl2N3O4S/c1-16-10-7-8-13-21(16)29(34(6,32)33)15-22(30)28(17(2)23(31)27-24(3,4)5)14-18-19(25)11-9-12-20(18)26/h7-13,17H,14-15H2,1-6H3,(H,27,31). The first-order valence-corrected chi connectivity index (χ1v) is 13.3. The summed E-state index contributed by atoms with van der Waals surface area (Å²) in [5, 5.41) is 3.54. The second-order valence-electron chi connectivity index (χ2n) is 9.19. The summed E-state index contributed by atoms with van der Waals surface area (Å²) >= 11 is 12.7. The van der Waals surface area contributed by atoms with Crippen LogP contribution in [0.2, 0.25) is 10.0 Å². The summed E-state index contributed by atoms with van der Waals surface area (Å²) in [5.41, 5.74) is 1.03. The molecule has 0 saturated heterocycles. The number of nitrogens with one attached hydrogen (secondary N) is 1. The van der Waals surface area contributed by atoms with Gasteiger partial charge in [0.05, 0.1) is 11.9 Å². The second-order valence-corrected chi connectivity index (χ2v) is 11.9. The van der Waals surface area contributed by atoms with Crippen LogP contribution in [0.5, 0.6) is 0 Å². The van der Waals surface area contributed by atoms with Crippen LogP contribution in [0.25, 0.3) is 0 Å². The molecule has 2 aromatic carbocycles. The molecule has 0 fully saturated rings. The van der Waals surface area contributed by atoms with Gasteiger partial charge >= 0.3 is 0 Å². The number of carbonyl (C=O) groups is 2. The zero-order valence-electron chi connectivity index (χ0n) is 20.2. The molecule has 0 heterocycles. The summed E-state index contributed by atoms with van der Waals surface area (Å²) in [6, 6.07) is 10.9. The van der Waals surface area contributed by atoms with Gasteiger partial charge in [0.15, 0.2) is 0 Å². The van der Waals surface area contributed by atoms with Gasteiger partial charge in [-0.2, -0.15) is 0 Å². The molecule has 2 amide bonds. The molecule has 2 rings (SSSR count).